The van der Waals surface area contributed by atoms with Gasteiger partial charge in [-0.3, -0.25) is 4.90 Å². The van der Waals surface area contributed by atoms with E-state index < -0.39 is 10.2 Å². The summed E-state index contributed by atoms with van der Waals surface area (Å²) < 4.78 is 29.0. The Balaban J connectivity index is 1.56. The topological polar surface area (TPSA) is 43.9 Å². The average Bonchev–Trinajstić information content (AvgIpc) is 2.89. The van der Waals surface area contributed by atoms with E-state index >= 15 is 0 Å². The molecular formula is C17H25Cl2N3O2S. The summed E-state index contributed by atoms with van der Waals surface area (Å²) in [5, 5.41) is 1.11. The van der Waals surface area contributed by atoms with Gasteiger partial charge < -0.3 is 0 Å². The van der Waals surface area contributed by atoms with Gasteiger partial charge in [0.1, 0.15) is 0 Å². The minimum absolute atomic E-state index is 0.542. The molecule has 0 aliphatic carbocycles. The minimum atomic E-state index is -3.32. The highest BCUT2D eigenvalue weighted by molar-refractivity contribution is 7.86. The summed E-state index contributed by atoms with van der Waals surface area (Å²) in [7, 11) is -3.32. The maximum absolute atomic E-state index is 12.8. The van der Waals surface area contributed by atoms with Crippen LogP contribution in [0.5, 0.6) is 0 Å². The SMILES string of the molecule is O=S(=O)(N1CCCCCC1)N1CCN(Cc2ccc(Cl)c(Cl)c2)CC1. The zero-order chi connectivity index (χ0) is 17.9. The van der Waals surface area contributed by atoms with E-state index in [2.05, 4.69) is 4.90 Å². The molecule has 2 saturated heterocycles. The highest BCUT2D eigenvalue weighted by Crippen LogP contribution is 2.24. The van der Waals surface area contributed by atoms with Crippen LogP contribution < -0.4 is 0 Å². The second kappa shape index (κ2) is 8.55. The molecule has 0 amide bonds. The molecule has 8 heteroatoms. The molecule has 140 valence electrons. The van der Waals surface area contributed by atoms with Gasteiger partial charge in [-0.25, -0.2) is 0 Å². The standard InChI is InChI=1S/C17H25Cl2N3O2S/c18-16-6-5-15(13-17(16)19)14-20-9-11-22(12-10-20)25(23,24)21-7-3-1-2-4-8-21/h5-6,13H,1-4,7-12,14H2. The molecule has 0 atom stereocenters. The molecule has 25 heavy (non-hydrogen) atoms. The predicted molar refractivity (Wildman–Crippen MR) is 102 cm³/mol. The summed E-state index contributed by atoms with van der Waals surface area (Å²) in [4.78, 5) is 2.26. The molecule has 0 spiro atoms. The van der Waals surface area contributed by atoms with E-state index in [0.717, 1.165) is 50.9 Å². The largest absolute Gasteiger partial charge is 0.296 e. The fraction of sp³-hybridized carbons (Fsp3) is 0.647. The van der Waals surface area contributed by atoms with Gasteiger partial charge in [0.15, 0.2) is 0 Å². The third kappa shape index (κ3) is 4.87. The zero-order valence-corrected chi connectivity index (χ0v) is 16.7. The first-order chi connectivity index (χ1) is 12.0. The summed E-state index contributed by atoms with van der Waals surface area (Å²) in [6.07, 6.45) is 4.19. The number of hydrogen-bond donors (Lipinski definition) is 0. The second-order valence-electron chi connectivity index (χ2n) is 6.74. The van der Waals surface area contributed by atoms with Gasteiger partial charge in [0.2, 0.25) is 0 Å². The van der Waals surface area contributed by atoms with Gasteiger partial charge in [-0.1, -0.05) is 42.1 Å². The van der Waals surface area contributed by atoms with Crippen molar-refractivity contribution in [1.82, 2.24) is 13.5 Å². The van der Waals surface area contributed by atoms with Crippen LogP contribution in [0.1, 0.15) is 31.2 Å². The molecule has 5 nitrogen and oxygen atoms in total. The summed E-state index contributed by atoms with van der Waals surface area (Å²) in [5.74, 6) is 0. The highest BCUT2D eigenvalue weighted by Gasteiger charge is 2.32. The first kappa shape index (κ1) is 19.4. The predicted octanol–water partition coefficient (Wildman–Crippen LogP) is 3.23. The molecule has 0 bridgehead atoms. The molecule has 0 N–H and O–H groups in total. The molecule has 3 rings (SSSR count). The van der Waals surface area contributed by atoms with E-state index in [-0.39, 0.29) is 0 Å². The van der Waals surface area contributed by atoms with Gasteiger partial charge in [-0.15, -0.1) is 0 Å². The van der Waals surface area contributed by atoms with E-state index in [1.807, 2.05) is 12.1 Å². The Kier molecular flexibility index (Phi) is 6.63. The lowest BCUT2D eigenvalue weighted by Gasteiger charge is -2.36. The lowest BCUT2D eigenvalue weighted by molar-refractivity contribution is 0.175. The van der Waals surface area contributed by atoms with E-state index in [4.69, 9.17) is 23.2 Å². The normalized spacial score (nSPS) is 22.0. The average molecular weight is 406 g/mol. The van der Waals surface area contributed by atoms with Crippen molar-refractivity contribution in [2.24, 2.45) is 0 Å². The first-order valence-electron chi connectivity index (χ1n) is 8.88. The molecule has 2 fully saturated rings. The van der Waals surface area contributed by atoms with Crippen LogP contribution in [0.3, 0.4) is 0 Å². The molecule has 2 heterocycles. The lowest BCUT2D eigenvalue weighted by atomic mass is 10.2. The third-order valence-corrected chi connectivity index (χ3v) is 7.71. The maximum Gasteiger partial charge on any atom is 0.282 e. The van der Waals surface area contributed by atoms with E-state index in [0.29, 0.717) is 36.2 Å². The van der Waals surface area contributed by atoms with Crippen LogP contribution in [0.4, 0.5) is 0 Å². The number of piperazine rings is 1. The van der Waals surface area contributed by atoms with Gasteiger partial charge in [-0.05, 0) is 30.5 Å². The summed E-state index contributed by atoms with van der Waals surface area (Å²) in [6.45, 7) is 4.62. The van der Waals surface area contributed by atoms with E-state index in [1.54, 1.807) is 14.7 Å². The molecule has 0 saturated carbocycles. The van der Waals surface area contributed by atoms with Crippen LogP contribution in [-0.4, -0.2) is 61.2 Å². The van der Waals surface area contributed by atoms with Crippen LogP contribution >= 0.6 is 23.2 Å². The Morgan fingerprint density at radius 3 is 2.00 bits per heavy atom. The monoisotopic (exact) mass is 405 g/mol. The van der Waals surface area contributed by atoms with Crippen molar-refractivity contribution in [2.45, 2.75) is 32.2 Å². The Bertz CT molecular complexity index is 683. The van der Waals surface area contributed by atoms with Crippen molar-refractivity contribution in [2.75, 3.05) is 39.3 Å². The van der Waals surface area contributed by atoms with Crippen LogP contribution in [-0.2, 0) is 16.8 Å². The Labute approximate surface area is 160 Å². The molecule has 0 unspecified atom stereocenters. The van der Waals surface area contributed by atoms with Crippen LogP contribution in [0.2, 0.25) is 10.0 Å². The Morgan fingerprint density at radius 1 is 0.800 bits per heavy atom. The summed E-state index contributed by atoms with van der Waals surface area (Å²) in [5.41, 5.74) is 1.10. The van der Waals surface area contributed by atoms with Crippen LogP contribution in [0.15, 0.2) is 18.2 Å². The summed E-state index contributed by atoms with van der Waals surface area (Å²) >= 11 is 12.0. The van der Waals surface area contributed by atoms with Gasteiger partial charge >= 0.3 is 0 Å². The number of rotatable bonds is 4. The maximum atomic E-state index is 12.8. The molecule has 2 aliphatic rings. The summed E-state index contributed by atoms with van der Waals surface area (Å²) in [6, 6.07) is 5.65. The van der Waals surface area contributed by atoms with Crippen molar-refractivity contribution in [3.63, 3.8) is 0 Å². The number of halogens is 2. The van der Waals surface area contributed by atoms with Crippen LogP contribution in [0, 0.1) is 0 Å². The van der Waals surface area contributed by atoms with Gasteiger partial charge in [0.25, 0.3) is 10.2 Å². The number of nitrogens with zero attached hydrogens (tertiary/aromatic N) is 3. The molecule has 2 aliphatic heterocycles. The molecule has 0 aromatic heterocycles. The van der Waals surface area contributed by atoms with Crippen molar-refractivity contribution in [1.29, 1.82) is 0 Å². The van der Waals surface area contributed by atoms with Gasteiger partial charge in [-0.2, -0.15) is 17.0 Å². The first-order valence-corrected chi connectivity index (χ1v) is 11.0. The zero-order valence-electron chi connectivity index (χ0n) is 14.3. The van der Waals surface area contributed by atoms with E-state index in [1.165, 1.54) is 0 Å². The van der Waals surface area contributed by atoms with Gasteiger partial charge in [0.05, 0.1) is 10.0 Å². The Hall–Kier alpha value is -0.370. The highest BCUT2D eigenvalue weighted by atomic mass is 35.5. The molecular weight excluding hydrogens is 381 g/mol. The molecule has 1 aromatic rings. The molecule has 0 radical (unpaired) electrons. The van der Waals surface area contributed by atoms with Crippen molar-refractivity contribution in [3.8, 4) is 0 Å². The van der Waals surface area contributed by atoms with Crippen LogP contribution in [0.25, 0.3) is 0 Å². The van der Waals surface area contributed by atoms with Gasteiger partial charge in [0, 0.05) is 45.8 Å². The third-order valence-electron chi connectivity index (χ3n) is 4.94. The number of benzene rings is 1. The quantitative estimate of drug-likeness (QED) is 0.771. The number of hydrogen-bond acceptors (Lipinski definition) is 3. The molecule has 1 aromatic carbocycles. The van der Waals surface area contributed by atoms with Crippen molar-refractivity contribution >= 4 is 33.4 Å². The fourth-order valence-corrected chi connectivity index (χ4v) is 5.44. The Morgan fingerprint density at radius 2 is 1.40 bits per heavy atom. The van der Waals surface area contributed by atoms with E-state index in [9.17, 15) is 8.42 Å². The smallest absolute Gasteiger partial charge is 0.282 e. The second-order valence-corrected chi connectivity index (χ2v) is 9.49. The minimum Gasteiger partial charge on any atom is -0.296 e. The fourth-order valence-electron chi connectivity index (χ4n) is 3.45. The van der Waals surface area contributed by atoms with Crippen molar-refractivity contribution in [3.05, 3.63) is 33.8 Å². The van der Waals surface area contributed by atoms with Crippen molar-refractivity contribution < 1.29 is 8.42 Å². The lowest BCUT2D eigenvalue weighted by Crippen LogP contribution is -2.52.